The smallest absolute Gasteiger partial charge is 0.223 e. The summed E-state index contributed by atoms with van der Waals surface area (Å²) < 4.78 is 1.04. The Hall–Kier alpha value is -1.72. The van der Waals surface area contributed by atoms with E-state index in [0.29, 0.717) is 6.42 Å². The molecule has 2 aliphatic rings. The highest BCUT2D eigenvalue weighted by Gasteiger charge is 2.33. The van der Waals surface area contributed by atoms with E-state index in [1.807, 2.05) is 11.1 Å². The maximum atomic E-state index is 12.7. The first-order valence-corrected chi connectivity index (χ1v) is 11.8. The van der Waals surface area contributed by atoms with Crippen LogP contribution in [0.25, 0.3) is 0 Å². The van der Waals surface area contributed by atoms with Gasteiger partial charge in [-0.25, -0.2) is 0 Å². The van der Waals surface area contributed by atoms with E-state index in [-0.39, 0.29) is 17.4 Å². The highest BCUT2D eigenvalue weighted by atomic mass is 79.9. The van der Waals surface area contributed by atoms with Crippen LogP contribution in [-0.2, 0) is 17.6 Å². The molecule has 0 bridgehead atoms. The van der Waals surface area contributed by atoms with E-state index >= 15 is 0 Å². The van der Waals surface area contributed by atoms with Gasteiger partial charge in [0.05, 0.1) is 11.7 Å². The number of amides is 1. The van der Waals surface area contributed by atoms with E-state index in [9.17, 15) is 4.79 Å². The number of hydrogen-bond donors (Lipinski definition) is 0. The molecule has 30 heavy (non-hydrogen) atoms. The molecule has 1 aliphatic heterocycles. The summed E-state index contributed by atoms with van der Waals surface area (Å²) in [5.74, 6) is 0.279. The monoisotopic (exact) mass is 469 g/mol. The first-order chi connectivity index (χ1) is 14.2. The number of aromatic nitrogens is 1. The summed E-state index contributed by atoms with van der Waals surface area (Å²) >= 11 is 3.61. The van der Waals surface area contributed by atoms with Gasteiger partial charge in [-0.15, -0.1) is 0 Å². The molecule has 1 fully saturated rings. The molecule has 1 aliphatic carbocycles. The van der Waals surface area contributed by atoms with Crippen LogP contribution < -0.4 is 0 Å². The van der Waals surface area contributed by atoms with E-state index in [4.69, 9.17) is 4.98 Å². The van der Waals surface area contributed by atoms with Crippen LogP contribution in [0.5, 0.6) is 0 Å². The molecule has 1 saturated heterocycles. The zero-order valence-corrected chi connectivity index (χ0v) is 20.1. The van der Waals surface area contributed by atoms with Gasteiger partial charge in [0.25, 0.3) is 0 Å². The van der Waals surface area contributed by atoms with Crippen LogP contribution in [0, 0.1) is 12.3 Å². The normalized spacial score (nSPS) is 19.8. The number of nitrogens with zero attached hydrogens (tertiary/aromatic N) is 3. The molecule has 0 spiro atoms. The number of carbonyl (C=O) groups excluding carboxylic acids is 1. The second-order valence-electron chi connectivity index (χ2n) is 9.96. The third-order valence-electron chi connectivity index (χ3n) is 6.20. The van der Waals surface area contributed by atoms with Crippen molar-refractivity contribution in [2.75, 3.05) is 26.2 Å². The molecular formula is C25H32BrN3O. The minimum Gasteiger partial charge on any atom is -0.340 e. The van der Waals surface area contributed by atoms with E-state index in [2.05, 4.69) is 72.8 Å². The van der Waals surface area contributed by atoms with Crippen molar-refractivity contribution in [1.82, 2.24) is 14.8 Å². The molecule has 4 rings (SSSR count). The maximum Gasteiger partial charge on any atom is 0.223 e. The summed E-state index contributed by atoms with van der Waals surface area (Å²) in [6.07, 6.45) is 4.59. The fourth-order valence-corrected chi connectivity index (χ4v) is 5.12. The largest absolute Gasteiger partial charge is 0.340 e. The highest BCUT2D eigenvalue weighted by molar-refractivity contribution is 9.10. The topological polar surface area (TPSA) is 36.4 Å². The Kier molecular flexibility index (Phi) is 6.04. The lowest BCUT2D eigenvalue weighted by atomic mass is 9.91. The SMILES string of the molecule is Cc1ccc2c(c1)CCc1cc(Br)cnc1C2N1CCN(C(=O)CC(C)(C)C)CC1. The van der Waals surface area contributed by atoms with Crippen molar-refractivity contribution in [2.24, 2.45) is 5.41 Å². The van der Waals surface area contributed by atoms with Crippen molar-refractivity contribution in [3.05, 3.63) is 62.9 Å². The quantitative estimate of drug-likeness (QED) is 0.625. The number of halogens is 1. The van der Waals surface area contributed by atoms with Gasteiger partial charge in [-0.3, -0.25) is 14.7 Å². The molecule has 0 saturated carbocycles. The molecule has 4 nitrogen and oxygen atoms in total. The summed E-state index contributed by atoms with van der Waals surface area (Å²) in [6.45, 7) is 11.9. The van der Waals surface area contributed by atoms with Crippen LogP contribution >= 0.6 is 15.9 Å². The van der Waals surface area contributed by atoms with Gasteiger partial charge in [-0.2, -0.15) is 0 Å². The molecule has 0 radical (unpaired) electrons. The van der Waals surface area contributed by atoms with Crippen LogP contribution in [0.3, 0.4) is 0 Å². The van der Waals surface area contributed by atoms with Crippen molar-refractivity contribution in [3.63, 3.8) is 0 Å². The Morgan fingerprint density at radius 1 is 1.10 bits per heavy atom. The first-order valence-electron chi connectivity index (χ1n) is 11.0. The maximum absolute atomic E-state index is 12.7. The third-order valence-corrected chi connectivity index (χ3v) is 6.63. The van der Waals surface area contributed by atoms with Gasteiger partial charge in [0.15, 0.2) is 0 Å². The van der Waals surface area contributed by atoms with Gasteiger partial charge >= 0.3 is 0 Å². The van der Waals surface area contributed by atoms with Crippen LogP contribution in [0.1, 0.15) is 61.2 Å². The van der Waals surface area contributed by atoms with Gasteiger partial charge in [0.2, 0.25) is 5.91 Å². The van der Waals surface area contributed by atoms with Crippen molar-refractivity contribution in [1.29, 1.82) is 0 Å². The Bertz CT molecular complexity index is 888. The third kappa shape index (κ3) is 4.62. The van der Waals surface area contributed by atoms with Gasteiger partial charge in [-0.05, 0) is 63.9 Å². The average molecular weight is 470 g/mol. The molecule has 2 aromatic rings. The predicted molar refractivity (Wildman–Crippen MR) is 125 cm³/mol. The number of rotatable bonds is 2. The molecular weight excluding hydrogens is 438 g/mol. The summed E-state index contributed by atoms with van der Waals surface area (Å²) in [5.41, 5.74) is 6.65. The molecule has 1 unspecified atom stereocenters. The van der Waals surface area contributed by atoms with E-state index in [0.717, 1.165) is 43.5 Å². The Morgan fingerprint density at radius 2 is 1.80 bits per heavy atom. The lowest BCUT2D eigenvalue weighted by Gasteiger charge is -2.40. The number of pyridine rings is 1. The summed E-state index contributed by atoms with van der Waals surface area (Å²) in [5, 5.41) is 0. The number of carbonyl (C=O) groups is 1. The molecule has 1 aromatic heterocycles. The van der Waals surface area contributed by atoms with Gasteiger partial charge in [0, 0.05) is 43.3 Å². The zero-order valence-electron chi connectivity index (χ0n) is 18.5. The zero-order chi connectivity index (χ0) is 21.5. The minimum atomic E-state index is 0.0303. The van der Waals surface area contributed by atoms with Crippen LogP contribution in [-0.4, -0.2) is 46.9 Å². The molecule has 0 N–H and O–H groups in total. The number of hydrogen-bond acceptors (Lipinski definition) is 3. The Balaban J connectivity index is 1.62. The summed E-state index contributed by atoms with van der Waals surface area (Å²) in [6, 6.07) is 9.25. The highest BCUT2D eigenvalue weighted by Crippen LogP contribution is 2.37. The number of fused-ring (bicyclic) bond motifs is 2. The fraction of sp³-hybridized carbons (Fsp3) is 0.520. The van der Waals surface area contributed by atoms with Crippen molar-refractivity contribution in [2.45, 2.75) is 53.0 Å². The molecule has 1 aromatic carbocycles. The minimum absolute atomic E-state index is 0.0303. The number of aryl methyl sites for hydroxylation is 3. The first kappa shape index (κ1) is 21.5. The Labute approximate surface area is 188 Å². The van der Waals surface area contributed by atoms with Crippen LogP contribution in [0.15, 0.2) is 34.9 Å². The number of piperazine rings is 1. The second kappa shape index (κ2) is 8.43. The van der Waals surface area contributed by atoms with Crippen molar-refractivity contribution < 1.29 is 4.79 Å². The lowest BCUT2D eigenvalue weighted by Crippen LogP contribution is -2.50. The molecule has 2 heterocycles. The summed E-state index contributed by atoms with van der Waals surface area (Å²) in [7, 11) is 0. The molecule has 160 valence electrons. The van der Waals surface area contributed by atoms with E-state index in [1.165, 1.54) is 27.9 Å². The molecule has 1 atom stereocenters. The predicted octanol–water partition coefficient (Wildman–Crippen LogP) is 4.92. The van der Waals surface area contributed by atoms with Gasteiger partial charge < -0.3 is 4.90 Å². The van der Waals surface area contributed by atoms with Gasteiger partial charge in [-0.1, -0.05) is 44.5 Å². The molecule has 5 heteroatoms. The standard InChI is InChI=1S/C25H32BrN3O/c1-17-5-8-21-18(13-17)6-7-19-14-20(26)16-27-23(19)24(21)29-11-9-28(10-12-29)22(30)15-25(2,3)4/h5,8,13-14,16,24H,6-7,9-12,15H2,1-4H3. The lowest BCUT2D eigenvalue weighted by molar-refractivity contribution is -0.135. The van der Waals surface area contributed by atoms with E-state index in [1.54, 1.807) is 0 Å². The fourth-order valence-electron chi connectivity index (χ4n) is 4.74. The molecule has 1 amide bonds. The van der Waals surface area contributed by atoms with E-state index < -0.39 is 0 Å². The van der Waals surface area contributed by atoms with Crippen molar-refractivity contribution in [3.8, 4) is 0 Å². The van der Waals surface area contributed by atoms with Gasteiger partial charge in [0.1, 0.15) is 0 Å². The van der Waals surface area contributed by atoms with Crippen LogP contribution in [0.4, 0.5) is 0 Å². The number of benzene rings is 1. The van der Waals surface area contributed by atoms with Crippen molar-refractivity contribution >= 4 is 21.8 Å². The summed E-state index contributed by atoms with van der Waals surface area (Å²) in [4.78, 5) is 22.2. The average Bonchev–Trinajstić information content (AvgIpc) is 2.83. The van der Waals surface area contributed by atoms with Crippen LogP contribution in [0.2, 0.25) is 0 Å². The Morgan fingerprint density at radius 3 is 2.50 bits per heavy atom. The second-order valence-corrected chi connectivity index (χ2v) is 10.9.